The first-order chi connectivity index (χ1) is 5.20. The zero-order valence-electron chi connectivity index (χ0n) is 6.46. The van der Waals surface area contributed by atoms with Gasteiger partial charge >= 0.3 is 11.9 Å². The van der Waals surface area contributed by atoms with E-state index in [0.717, 1.165) is 0 Å². The van der Waals surface area contributed by atoms with Crippen molar-refractivity contribution in [2.45, 2.75) is 6.42 Å². The van der Waals surface area contributed by atoms with Gasteiger partial charge in [0.05, 0.1) is 7.11 Å². The van der Waals surface area contributed by atoms with Crippen LogP contribution in [0.1, 0.15) is 6.42 Å². The van der Waals surface area contributed by atoms with Crippen molar-refractivity contribution in [1.29, 1.82) is 0 Å². The van der Waals surface area contributed by atoms with Crippen molar-refractivity contribution in [3.8, 4) is 0 Å². The van der Waals surface area contributed by atoms with Crippen molar-refractivity contribution >= 4 is 11.9 Å². The first kappa shape index (κ1) is 9.90. The van der Waals surface area contributed by atoms with Gasteiger partial charge in [-0.3, -0.25) is 9.59 Å². The summed E-state index contributed by atoms with van der Waals surface area (Å²) in [6.07, 6.45) is -0.375. The van der Waals surface area contributed by atoms with Gasteiger partial charge < -0.3 is 14.2 Å². The molecule has 0 spiro atoms. The molecule has 0 aromatic carbocycles. The van der Waals surface area contributed by atoms with E-state index in [9.17, 15) is 9.59 Å². The van der Waals surface area contributed by atoms with Gasteiger partial charge in [0.2, 0.25) is 0 Å². The number of methoxy groups -OCH3 is 2. The van der Waals surface area contributed by atoms with Gasteiger partial charge in [0, 0.05) is 7.11 Å². The Kier molecular flexibility index (Phi) is 5.10. The maximum Gasteiger partial charge on any atom is 0.319 e. The number of carbonyl (C=O) groups is 2. The second kappa shape index (κ2) is 5.67. The summed E-state index contributed by atoms with van der Waals surface area (Å²) in [5.74, 6) is -1.27. The van der Waals surface area contributed by atoms with E-state index < -0.39 is 11.9 Å². The Morgan fingerprint density at radius 2 is 1.82 bits per heavy atom. The molecule has 0 saturated carbocycles. The molecule has 0 heterocycles. The van der Waals surface area contributed by atoms with Gasteiger partial charge in [0.25, 0.3) is 0 Å². The minimum atomic E-state index is -0.654. The maximum absolute atomic E-state index is 10.6. The van der Waals surface area contributed by atoms with E-state index in [4.69, 9.17) is 0 Å². The molecular weight excluding hydrogens is 152 g/mol. The fourth-order valence-electron chi connectivity index (χ4n) is 0.366. The molecule has 5 heteroatoms. The summed E-state index contributed by atoms with van der Waals surface area (Å²) in [7, 11) is 2.58. The Bertz CT molecular complexity index is 142. The van der Waals surface area contributed by atoms with Crippen LogP contribution >= 0.6 is 0 Å². The van der Waals surface area contributed by atoms with Crippen LogP contribution in [0.3, 0.4) is 0 Å². The van der Waals surface area contributed by atoms with Gasteiger partial charge in [-0.15, -0.1) is 0 Å². The van der Waals surface area contributed by atoms with Gasteiger partial charge in [0.1, 0.15) is 6.42 Å². The minimum Gasteiger partial charge on any atom is -0.469 e. The SMILES string of the molecule is COCOC(=O)CC(=O)OC. The first-order valence-corrected chi connectivity index (χ1v) is 2.92. The Morgan fingerprint density at radius 3 is 2.27 bits per heavy atom. The lowest BCUT2D eigenvalue weighted by Crippen LogP contribution is -2.13. The van der Waals surface area contributed by atoms with Crippen LogP contribution in [0.15, 0.2) is 0 Å². The topological polar surface area (TPSA) is 61.8 Å². The Morgan fingerprint density at radius 1 is 1.18 bits per heavy atom. The molecule has 0 amide bonds. The van der Waals surface area contributed by atoms with Crippen molar-refractivity contribution in [3.05, 3.63) is 0 Å². The molecule has 0 N–H and O–H groups in total. The third-order valence-corrected chi connectivity index (χ3v) is 0.854. The van der Waals surface area contributed by atoms with Crippen molar-refractivity contribution in [3.63, 3.8) is 0 Å². The molecule has 11 heavy (non-hydrogen) atoms. The van der Waals surface area contributed by atoms with E-state index in [1.165, 1.54) is 14.2 Å². The number of carbonyl (C=O) groups excluding carboxylic acids is 2. The van der Waals surface area contributed by atoms with E-state index in [1.807, 2.05) is 0 Å². The lowest BCUT2D eigenvalue weighted by Gasteiger charge is -2.00. The highest BCUT2D eigenvalue weighted by molar-refractivity contribution is 5.91. The summed E-state index contributed by atoms with van der Waals surface area (Å²) >= 11 is 0. The van der Waals surface area contributed by atoms with Crippen LogP contribution in [0, 0.1) is 0 Å². The predicted octanol–water partition coefficient (Wildman–Crippen LogP) is -0.303. The van der Waals surface area contributed by atoms with Crippen LogP contribution in [0.5, 0.6) is 0 Å². The lowest BCUT2D eigenvalue weighted by molar-refractivity contribution is -0.159. The molecule has 0 fully saturated rings. The average Bonchev–Trinajstić information content (AvgIpc) is 2.00. The van der Waals surface area contributed by atoms with E-state index in [2.05, 4.69) is 14.2 Å². The Balaban J connectivity index is 3.44. The number of esters is 2. The quantitative estimate of drug-likeness (QED) is 0.322. The highest BCUT2D eigenvalue weighted by Gasteiger charge is 2.09. The molecule has 5 nitrogen and oxygen atoms in total. The fraction of sp³-hybridized carbons (Fsp3) is 0.667. The normalized spacial score (nSPS) is 8.91. The van der Waals surface area contributed by atoms with Gasteiger partial charge in [-0.2, -0.15) is 0 Å². The molecule has 0 aromatic heterocycles. The summed E-state index contributed by atoms with van der Waals surface area (Å²) < 4.78 is 13.1. The summed E-state index contributed by atoms with van der Waals surface area (Å²) in [4.78, 5) is 21.0. The van der Waals surface area contributed by atoms with E-state index in [1.54, 1.807) is 0 Å². The monoisotopic (exact) mass is 162 g/mol. The van der Waals surface area contributed by atoms with Crippen LogP contribution in [0.2, 0.25) is 0 Å². The maximum atomic E-state index is 10.6. The van der Waals surface area contributed by atoms with Gasteiger partial charge in [-0.25, -0.2) is 0 Å². The molecule has 0 bridgehead atoms. The predicted molar refractivity (Wildman–Crippen MR) is 34.6 cm³/mol. The summed E-state index contributed by atoms with van der Waals surface area (Å²) in [5.41, 5.74) is 0. The minimum absolute atomic E-state index is 0.143. The highest BCUT2D eigenvalue weighted by atomic mass is 16.7. The van der Waals surface area contributed by atoms with Crippen molar-refractivity contribution in [2.24, 2.45) is 0 Å². The van der Waals surface area contributed by atoms with Crippen LogP contribution in [-0.2, 0) is 23.8 Å². The third kappa shape index (κ3) is 5.35. The van der Waals surface area contributed by atoms with Crippen LogP contribution < -0.4 is 0 Å². The summed E-state index contributed by atoms with van der Waals surface area (Å²) in [6.45, 7) is -0.143. The third-order valence-electron chi connectivity index (χ3n) is 0.854. The Hall–Kier alpha value is -1.10. The standard InChI is InChI=1S/C6H10O5/c1-9-4-11-6(8)3-5(7)10-2/h3-4H2,1-2H3. The molecular formula is C6H10O5. The molecule has 0 aliphatic carbocycles. The lowest BCUT2D eigenvalue weighted by atomic mass is 10.4. The molecule has 0 rings (SSSR count). The van der Waals surface area contributed by atoms with Crippen molar-refractivity contribution in [1.82, 2.24) is 0 Å². The summed E-state index contributed by atoms with van der Waals surface area (Å²) in [5, 5.41) is 0. The van der Waals surface area contributed by atoms with Crippen LogP contribution in [-0.4, -0.2) is 33.0 Å². The largest absolute Gasteiger partial charge is 0.469 e. The van der Waals surface area contributed by atoms with E-state index in [0.29, 0.717) is 0 Å². The van der Waals surface area contributed by atoms with Crippen LogP contribution in [0.25, 0.3) is 0 Å². The molecule has 64 valence electrons. The number of hydrogen-bond acceptors (Lipinski definition) is 5. The second-order valence-electron chi connectivity index (χ2n) is 1.68. The number of ether oxygens (including phenoxy) is 3. The Labute approximate surface area is 64.2 Å². The smallest absolute Gasteiger partial charge is 0.319 e. The average molecular weight is 162 g/mol. The first-order valence-electron chi connectivity index (χ1n) is 2.92. The van der Waals surface area contributed by atoms with E-state index in [-0.39, 0.29) is 13.2 Å². The number of rotatable bonds is 4. The zero-order chi connectivity index (χ0) is 8.69. The molecule has 0 aliphatic heterocycles. The molecule has 0 aliphatic rings. The molecule has 0 atom stereocenters. The zero-order valence-corrected chi connectivity index (χ0v) is 6.46. The van der Waals surface area contributed by atoms with Crippen molar-refractivity contribution in [2.75, 3.05) is 21.0 Å². The molecule has 0 unspecified atom stereocenters. The molecule has 0 saturated heterocycles. The van der Waals surface area contributed by atoms with Gasteiger partial charge in [-0.1, -0.05) is 0 Å². The highest BCUT2D eigenvalue weighted by Crippen LogP contribution is 1.88. The van der Waals surface area contributed by atoms with Gasteiger partial charge in [0.15, 0.2) is 6.79 Å². The summed E-state index contributed by atoms with van der Waals surface area (Å²) in [6, 6.07) is 0. The fourth-order valence-corrected chi connectivity index (χ4v) is 0.366. The molecule has 0 radical (unpaired) electrons. The second-order valence-corrected chi connectivity index (χ2v) is 1.68. The van der Waals surface area contributed by atoms with E-state index >= 15 is 0 Å². The number of hydrogen-bond donors (Lipinski definition) is 0. The van der Waals surface area contributed by atoms with Gasteiger partial charge in [-0.05, 0) is 0 Å². The van der Waals surface area contributed by atoms with Crippen molar-refractivity contribution < 1.29 is 23.8 Å². The van der Waals surface area contributed by atoms with Crippen LogP contribution in [0.4, 0.5) is 0 Å². The molecule has 0 aromatic rings.